The van der Waals surface area contributed by atoms with Crippen molar-refractivity contribution >= 4 is 5.95 Å². The van der Waals surface area contributed by atoms with Gasteiger partial charge in [-0.2, -0.15) is 13.2 Å². The predicted octanol–water partition coefficient (Wildman–Crippen LogP) is 3.04. The molecule has 2 rings (SSSR count). The van der Waals surface area contributed by atoms with Crippen molar-refractivity contribution in [1.29, 1.82) is 0 Å². The fourth-order valence-corrected chi connectivity index (χ4v) is 1.32. The van der Waals surface area contributed by atoms with Crippen molar-refractivity contribution in [3.63, 3.8) is 0 Å². The van der Waals surface area contributed by atoms with Crippen LogP contribution in [0.4, 0.5) is 19.1 Å². The van der Waals surface area contributed by atoms with E-state index in [4.69, 9.17) is 4.84 Å². The molecule has 100 valence electrons. The van der Waals surface area contributed by atoms with Crippen LogP contribution < -0.4 is 5.48 Å². The van der Waals surface area contributed by atoms with Crippen LogP contribution in [0.25, 0.3) is 0 Å². The second-order valence-electron chi connectivity index (χ2n) is 3.64. The number of benzene rings is 1. The first-order valence-electron chi connectivity index (χ1n) is 5.38. The molecule has 0 bridgehead atoms. The topological polar surface area (TPSA) is 47.0 Å². The van der Waals surface area contributed by atoms with Crippen LogP contribution in [-0.2, 0) is 17.6 Å². The van der Waals surface area contributed by atoms with Crippen LogP contribution >= 0.6 is 0 Å². The van der Waals surface area contributed by atoms with Gasteiger partial charge in [0.25, 0.3) is 0 Å². The lowest BCUT2D eigenvalue weighted by Crippen LogP contribution is -2.11. The Bertz CT molecular complexity index is 531. The number of nitrogens with zero attached hydrogens (tertiary/aromatic N) is 2. The zero-order valence-electron chi connectivity index (χ0n) is 9.69. The summed E-state index contributed by atoms with van der Waals surface area (Å²) in [5.41, 5.74) is 2.14. The maximum absolute atomic E-state index is 12.4. The molecule has 1 N–H and O–H groups in total. The van der Waals surface area contributed by atoms with Gasteiger partial charge in [0.15, 0.2) is 0 Å². The summed E-state index contributed by atoms with van der Waals surface area (Å²) in [6, 6.07) is 9.97. The molecule has 0 saturated heterocycles. The predicted molar refractivity (Wildman–Crippen MR) is 61.9 cm³/mol. The minimum Gasteiger partial charge on any atom is -0.269 e. The average Bonchev–Trinajstić information content (AvgIpc) is 2.39. The standard InChI is InChI=1S/C12H10F3N3O/c13-12(14,15)10-6-7-16-11(17-10)18-19-8-9-4-2-1-3-5-9/h1-7H,8H2,(H,16,17,18). The number of hydrogen-bond donors (Lipinski definition) is 1. The van der Waals surface area contributed by atoms with Gasteiger partial charge in [0, 0.05) is 6.20 Å². The fraction of sp³-hybridized carbons (Fsp3) is 0.167. The molecule has 0 aliphatic rings. The first-order chi connectivity index (χ1) is 9.05. The maximum atomic E-state index is 12.4. The van der Waals surface area contributed by atoms with Crippen molar-refractivity contribution in [1.82, 2.24) is 9.97 Å². The Kier molecular flexibility index (Phi) is 3.96. The third-order valence-corrected chi connectivity index (χ3v) is 2.19. The second-order valence-corrected chi connectivity index (χ2v) is 3.64. The van der Waals surface area contributed by atoms with E-state index >= 15 is 0 Å². The minimum atomic E-state index is -4.50. The summed E-state index contributed by atoms with van der Waals surface area (Å²) >= 11 is 0. The first kappa shape index (κ1) is 13.3. The van der Waals surface area contributed by atoms with Crippen LogP contribution in [0.5, 0.6) is 0 Å². The Morgan fingerprint density at radius 1 is 1.11 bits per heavy atom. The molecule has 0 atom stereocenters. The molecule has 2 aromatic rings. The monoisotopic (exact) mass is 269 g/mol. The number of rotatable bonds is 4. The molecule has 1 heterocycles. The van der Waals surface area contributed by atoms with Crippen LogP contribution in [-0.4, -0.2) is 9.97 Å². The molecule has 1 aromatic heterocycles. The van der Waals surface area contributed by atoms with Gasteiger partial charge < -0.3 is 0 Å². The number of alkyl halides is 3. The van der Waals surface area contributed by atoms with E-state index in [9.17, 15) is 13.2 Å². The molecule has 0 aliphatic carbocycles. The van der Waals surface area contributed by atoms with E-state index in [1.807, 2.05) is 30.3 Å². The highest BCUT2D eigenvalue weighted by atomic mass is 19.4. The molecule has 0 saturated carbocycles. The van der Waals surface area contributed by atoms with Gasteiger partial charge in [0.05, 0.1) is 6.61 Å². The van der Waals surface area contributed by atoms with Gasteiger partial charge in [0.2, 0.25) is 5.95 Å². The Morgan fingerprint density at radius 3 is 2.53 bits per heavy atom. The van der Waals surface area contributed by atoms with E-state index < -0.39 is 11.9 Å². The summed E-state index contributed by atoms with van der Waals surface area (Å²) in [7, 11) is 0. The Labute approximate surface area is 107 Å². The van der Waals surface area contributed by atoms with Gasteiger partial charge in [-0.3, -0.25) is 4.84 Å². The van der Waals surface area contributed by atoms with Gasteiger partial charge in [-0.05, 0) is 11.6 Å². The van der Waals surface area contributed by atoms with Crippen LogP contribution in [0.1, 0.15) is 11.3 Å². The van der Waals surface area contributed by atoms with Crippen LogP contribution in [0.3, 0.4) is 0 Å². The summed E-state index contributed by atoms with van der Waals surface area (Å²) in [4.78, 5) is 12.0. The molecule has 0 aliphatic heterocycles. The molecule has 0 unspecified atom stereocenters. The Balaban J connectivity index is 1.93. The van der Waals surface area contributed by atoms with Gasteiger partial charge >= 0.3 is 6.18 Å². The molecule has 0 fully saturated rings. The van der Waals surface area contributed by atoms with Crippen molar-refractivity contribution in [3.8, 4) is 0 Å². The lowest BCUT2D eigenvalue weighted by Gasteiger charge is -2.08. The van der Waals surface area contributed by atoms with Crippen LogP contribution in [0.15, 0.2) is 42.6 Å². The highest BCUT2D eigenvalue weighted by Crippen LogP contribution is 2.27. The Morgan fingerprint density at radius 2 is 1.84 bits per heavy atom. The van der Waals surface area contributed by atoms with E-state index in [1.165, 1.54) is 0 Å². The molecule has 1 aromatic carbocycles. The zero-order valence-corrected chi connectivity index (χ0v) is 9.69. The van der Waals surface area contributed by atoms with Crippen LogP contribution in [0, 0.1) is 0 Å². The molecule has 0 amide bonds. The Hall–Kier alpha value is -2.15. The highest BCUT2D eigenvalue weighted by molar-refractivity contribution is 5.23. The SMILES string of the molecule is FC(F)(F)c1ccnc(NOCc2ccccc2)n1. The molecule has 4 nitrogen and oxygen atoms in total. The molecular formula is C12H10F3N3O. The van der Waals surface area contributed by atoms with Crippen molar-refractivity contribution < 1.29 is 18.0 Å². The summed E-state index contributed by atoms with van der Waals surface area (Å²) in [6.45, 7) is 0.195. The third kappa shape index (κ3) is 3.92. The van der Waals surface area contributed by atoms with Crippen LogP contribution in [0.2, 0.25) is 0 Å². The summed E-state index contributed by atoms with van der Waals surface area (Å²) < 4.78 is 37.2. The van der Waals surface area contributed by atoms with Gasteiger partial charge in [-0.1, -0.05) is 30.3 Å². The normalized spacial score (nSPS) is 11.3. The molecule has 0 radical (unpaired) electrons. The van der Waals surface area contributed by atoms with E-state index in [-0.39, 0.29) is 12.6 Å². The number of halogens is 3. The second kappa shape index (κ2) is 5.66. The highest BCUT2D eigenvalue weighted by Gasteiger charge is 2.32. The smallest absolute Gasteiger partial charge is 0.269 e. The fourth-order valence-electron chi connectivity index (χ4n) is 1.32. The van der Waals surface area contributed by atoms with E-state index in [2.05, 4.69) is 15.4 Å². The molecular weight excluding hydrogens is 259 g/mol. The largest absolute Gasteiger partial charge is 0.433 e. The third-order valence-electron chi connectivity index (χ3n) is 2.19. The van der Waals surface area contributed by atoms with Crippen molar-refractivity contribution in [2.75, 3.05) is 5.48 Å². The number of anilines is 1. The lowest BCUT2D eigenvalue weighted by molar-refractivity contribution is -0.141. The summed E-state index contributed by atoms with van der Waals surface area (Å²) in [5, 5.41) is 0. The van der Waals surface area contributed by atoms with Gasteiger partial charge in [0.1, 0.15) is 5.69 Å². The van der Waals surface area contributed by atoms with E-state index in [0.717, 1.165) is 17.8 Å². The van der Waals surface area contributed by atoms with Gasteiger partial charge in [-0.25, -0.2) is 15.4 Å². The van der Waals surface area contributed by atoms with Crippen molar-refractivity contribution in [3.05, 3.63) is 53.9 Å². The maximum Gasteiger partial charge on any atom is 0.433 e. The molecule has 19 heavy (non-hydrogen) atoms. The number of nitrogens with one attached hydrogen (secondary N) is 1. The van der Waals surface area contributed by atoms with Crippen molar-refractivity contribution in [2.24, 2.45) is 0 Å². The summed E-state index contributed by atoms with van der Waals surface area (Å²) in [6.07, 6.45) is -3.48. The van der Waals surface area contributed by atoms with Gasteiger partial charge in [-0.15, -0.1) is 0 Å². The average molecular weight is 269 g/mol. The molecule has 7 heteroatoms. The lowest BCUT2D eigenvalue weighted by atomic mass is 10.2. The van der Waals surface area contributed by atoms with E-state index in [0.29, 0.717) is 0 Å². The van der Waals surface area contributed by atoms with E-state index in [1.54, 1.807) is 0 Å². The molecule has 0 spiro atoms. The minimum absolute atomic E-state index is 0.195. The number of hydrogen-bond acceptors (Lipinski definition) is 4. The quantitative estimate of drug-likeness (QED) is 0.867. The summed E-state index contributed by atoms with van der Waals surface area (Å²) in [5.74, 6) is -0.231. The van der Waals surface area contributed by atoms with Crippen molar-refractivity contribution in [2.45, 2.75) is 12.8 Å². The number of aromatic nitrogens is 2. The zero-order chi connectivity index (χ0) is 13.7. The first-order valence-corrected chi connectivity index (χ1v) is 5.38.